The van der Waals surface area contributed by atoms with E-state index in [1.165, 1.54) is 19.2 Å². The standard InChI is InChI=1S/C22H22ClF3O5.C16H20O4.C8H3ClF6O4S/c1-2-21(20(27)28)13-15-11-16(8-9-19(15)31-21)29-10-4-3-5-14-6-7-17(12-18(14)23)30-22(24,25)26;1-4-6-9-19-13-7-8-14-12(10-13)11-16(5-2,20-14)15(17)18-3;9-5-3-4(18-7(10,11)12)1-2-6(5)19-20(16,17)8(13,14)15/h6-9,11-12H,2-5,10,13H2,1H3,(H,27,28);4,7-8,10H,1,5-6,9,11H2,2-3H3;1-3H/t21-;16-;/m00./s1. The number of hydrogen-bond donors (Lipinski definition) is 1. The van der Waals surface area contributed by atoms with Gasteiger partial charge in [-0.25, -0.2) is 9.59 Å². The Labute approximate surface area is 411 Å². The van der Waals surface area contributed by atoms with E-state index in [9.17, 15) is 62.6 Å². The molecule has 4 aromatic carbocycles. The summed E-state index contributed by atoms with van der Waals surface area (Å²) in [7, 11) is -4.58. The minimum Gasteiger partial charge on any atom is -0.494 e. The van der Waals surface area contributed by atoms with E-state index in [4.69, 9.17) is 46.9 Å². The molecular formula is C46H45Cl2F9O13S. The van der Waals surface area contributed by atoms with Crippen molar-refractivity contribution in [2.75, 3.05) is 20.3 Å². The van der Waals surface area contributed by atoms with Crippen LogP contribution in [0.15, 0.2) is 85.5 Å². The normalized spacial score (nSPS) is 17.0. The molecule has 0 aromatic heterocycles. The highest BCUT2D eigenvalue weighted by Crippen LogP contribution is 2.41. The van der Waals surface area contributed by atoms with Gasteiger partial charge in [0.2, 0.25) is 11.2 Å². The average Bonchev–Trinajstić information content (AvgIpc) is 3.86. The van der Waals surface area contributed by atoms with Gasteiger partial charge in [0, 0.05) is 35.1 Å². The number of ether oxygens (including phenoxy) is 7. The lowest BCUT2D eigenvalue weighted by molar-refractivity contribution is -0.275. The monoisotopic (exact) mass is 1080 g/mol. The number of methoxy groups -OCH3 is 1. The first-order chi connectivity index (χ1) is 33.1. The Morgan fingerprint density at radius 3 is 1.68 bits per heavy atom. The number of alkyl halides is 9. The van der Waals surface area contributed by atoms with Crippen molar-refractivity contribution in [1.82, 2.24) is 0 Å². The molecule has 71 heavy (non-hydrogen) atoms. The number of unbranched alkanes of at least 4 members (excludes halogenated alkanes) is 1. The van der Waals surface area contributed by atoms with Crippen LogP contribution in [0.3, 0.4) is 0 Å². The molecule has 6 rings (SSSR count). The number of carbonyl (C=O) groups excluding carboxylic acids is 1. The number of carbonyl (C=O) groups is 2. The minimum atomic E-state index is -5.97. The molecule has 0 bridgehead atoms. The van der Waals surface area contributed by atoms with Crippen LogP contribution in [0, 0.1) is 0 Å². The third-order valence-corrected chi connectivity index (χ3v) is 11.9. The largest absolute Gasteiger partial charge is 0.573 e. The minimum absolute atomic E-state index is 0.221. The van der Waals surface area contributed by atoms with Crippen molar-refractivity contribution >= 4 is 45.3 Å². The fraction of sp³-hybridized carbons (Fsp3) is 0.391. The topological polar surface area (TPSA) is 162 Å². The number of fused-ring (bicyclic) bond motifs is 2. The number of carboxylic acid groups (broad SMARTS) is 1. The first kappa shape index (κ1) is 57.6. The Balaban J connectivity index is 0.000000241. The van der Waals surface area contributed by atoms with Crippen LogP contribution >= 0.6 is 23.2 Å². The summed E-state index contributed by atoms with van der Waals surface area (Å²) in [4.78, 5) is 23.5. The van der Waals surface area contributed by atoms with Gasteiger partial charge in [-0.05, 0) is 105 Å². The first-order valence-electron chi connectivity index (χ1n) is 21.0. The van der Waals surface area contributed by atoms with Crippen molar-refractivity contribution in [2.24, 2.45) is 0 Å². The zero-order valence-electron chi connectivity index (χ0n) is 37.7. The van der Waals surface area contributed by atoms with Crippen molar-refractivity contribution < 1.29 is 100.0 Å². The van der Waals surface area contributed by atoms with E-state index in [1.54, 1.807) is 25.1 Å². The maximum Gasteiger partial charge on any atom is 0.573 e. The van der Waals surface area contributed by atoms with Crippen molar-refractivity contribution in [3.05, 3.63) is 112 Å². The summed E-state index contributed by atoms with van der Waals surface area (Å²) in [5.41, 5.74) is -5.30. The molecule has 13 nitrogen and oxygen atoms in total. The summed E-state index contributed by atoms with van der Waals surface area (Å²) in [5.74, 6) is -0.789. The molecule has 0 saturated carbocycles. The number of benzene rings is 4. The van der Waals surface area contributed by atoms with Crippen LogP contribution in [0.1, 0.15) is 62.6 Å². The summed E-state index contributed by atoms with van der Waals surface area (Å²) in [6.45, 7) is 8.39. The van der Waals surface area contributed by atoms with Gasteiger partial charge >= 0.3 is 40.3 Å². The van der Waals surface area contributed by atoms with Crippen LogP contribution in [0.2, 0.25) is 10.0 Å². The van der Waals surface area contributed by atoms with E-state index in [-0.39, 0.29) is 23.2 Å². The highest BCUT2D eigenvalue weighted by molar-refractivity contribution is 7.88. The summed E-state index contributed by atoms with van der Waals surface area (Å²) >= 11 is 11.4. The van der Waals surface area contributed by atoms with Gasteiger partial charge in [0.1, 0.15) is 34.5 Å². The van der Waals surface area contributed by atoms with Crippen LogP contribution in [0.4, 0.5) is 39.5 Å². The van der Waals surface area contributed by atoms with Crippen LogP contribution < -0.4 is 32.6 Å². The summed E-state index contributed by atoms with van der Waals surface area (Å²) < 4.78 is 168. The maximum atomic E-state index is 12.3. The average molecular weight is 1080 g/mol. The summed E-state index contributed by atoms with van der Waals surface area (Å²) in [6.07, 6.45) is -3.41. The predicted molar refractivity (Wildman–Crippen MR) is 238 cm³/mol. The van der Waals surface area contributed by atoms with Gasteiger partial charge in [-0.2, -0.15) is 21.6 Å². The zero-order valence-corrected chi connectivity index (χ0v) is 40.0. The number of rotatable bonds is 18. The molecule has 0 fully saturated rings. The third-order valence-electron chi connectivity index (χ3n) is 10.3. The second-order valence-corrected chi connectivity index (χ2v) is 17.6. The molecule has 2 aliphatic rings. The first-order valence-corrected chi connectivity index (χ1v) is 23.2. The van der Waals surface area contributed by atoms with Gasteiger partial charge in [-0.15, -0.1) is 32.9 Å². The van der Waals surface area contributed by atoms with Crippen molar-refractivity contribution in [3.63, 3.8) is 0 Å². The summed E-state index contributed by atoms with van der Waals surface area (Å²) in [6, 6.07) is 16.3. The lowest BCUT2D eigenvalue weighted by atomic mass is 9.94. The quantitative estimate of drug-likeness (QED) is 0.0250. The number of aryl methyl sites for hydroxylation is 1. The fourth-order valence-corrected chi connectivity index (χ4v) is 7.69. The number of aliphatic carboxylic acids is 1. The SMILES string of the molecule is C=CCCOc1ccc2c(c1)C[C@@](CC)(C(=O)OC)O2.CC[C@@]1(C(=O)O)Cc2cc(OCCCCc3ccc(OC(F)(F)F)cc3Cl)ccc2O1.O=S(=O)(Oc1ccc(OC(F)(F)F)cc1Cl)C(F)(F)F. The van der Waals surface area contributed by atoms with Crippen LogP contribution in [-0.2, 0) is 43.7 Å². The number of carboxylic acids is 1. The van der Waals surface area contributed by atoms with Gasteiger partial charge in [-0.3, -0.25) is 0 Å². The number of halogens is 11. The van der Waals surface area contributed by atoms with Gasteiger partial charge in [0.05, 0.1) is 25.3 Å². The molecule has 1 N–H and O–H groups in total. The Hall–Kier alpha value is -5.94. The molecule has 2 heterocycles. The van der Waals surface area contributed by atoms with Gasteiger partial charge < -0.3 is 42.4 Å². The molecule has 0 radical (unpaired) electrons. The molecule has 0 aliphatic carbocycles. The van der Waals surface area contributed by atoms with Gasteiger partial charge in [-0.1, -0.05) is 49.2 Å². The molecular weight excluding hydrogens is 1030 g/mol. The molecule has 0 amide bonds. The van der Waals surface area contributed by atoms with Crippen molar-refractivity contribution in [1.29, 1.82) is 0 Å². The lowest BCUT2D eigenvalue weighted by Gasteiger charge is -2.23. The smallest absolute Gasteiger partial charge is 0.494 e. The summed E-state index contributed by atoms with van der Waals surface area (Å²) in [5, 5.41) is 8.88. The third kappa shape index (κ3) is 16.3. The second-order valence-electron chi connectivity index (χ2n) is 15.2. The Morgan fingerprint density at radius 2 is 1.21 bits per heavy atom. The Bertz CT molecular complexity index is 2610. The Morgan fingerprint density at radius 1 is 0.718 bits per heavy atom. The molecule has 0 unspecified atom stereocenters. The van der Waals surface area contributed by atoms with Gasteiger partial charge in [0.15, 0.2) is 5.75 Å². The maximum absolute atomic E-state index is 12.3. The fourth-order valence-electron chi connectivity index (χ4n) is 6.69. The van der Waals surface area contributed by atoms with Gasteiger partial charge in [0.25, 0.3) is 0 Å². The van der Waals surface area contributed by atoms with E-state index in [2.05, 4.69) is 20.2 Å². The van der Waals surface area contributed by atoms with Crippen LogP contribution in [0.5, 0.6) is 40.2 Å². The number of esters is 1. The van der Waals surface area contributed by atoms with Crippen LogP contribution in [-0.4, -0.2) is 75.2 Å². The van der Waals surface area contributed by atoms with E-state index in [0.29, 0.717) is 75.0 Å². The highest BCUT2D eigenvalue weighted by Gasteiger charge is 2.49. The Kier molecular flexibility index (Phi) is 19.5. The van der Waals surface area contributed by atoms with Crippen molar-refractivity contribution in [2.45, 2.75) is 94.6 Å². The lowest BCUT2D eigenvalue weighted by Crippen LogP contribution is -2.43. The van der Waals surface area contributed by atoms with Crippen LogP contribution in [0.25, 0.3) is 0 Å². The molecule has 0 saturated heterocycles. The molecule has 2 atom stereocenters. The van der Waals surface area contributed by atoms with E-state index in [0.717, 1.165) is 47.1 Å². The highest BCUT2D eigenvalue weighted by atomic mass is 35.5. The zero-order chi connectivity index (χ0) is 53.0. The van der Waals surface area contributed by atoms with Crippen molar-refractivity contribution in [3.8, 4) is 40.2 Å². The van der Waals surface area contributed by atoms with E-state index in [1.807, 2.05) is 31.2 Å². The molecule has 25 heteroatoms. The molecule has 4 aromatic rings. The predicted octanol–water partition coefficient (Wildman–Crippen LogP) is 12.2. The van der Waals surface area contributed by atoms with E-state index < -0.39 is 62.0 Å². The second kappa shape index (κ2) is 24.0. The van der Waals surface area contributed by atoms with E-state index >= 15 is 0 Å². The molecule has 2 aliphatic heterocycles. The molecule has 390 valence electrons. The number of hydrogen-bond acceptors (Lipinski definition) is 12. The molecule has 0 spiro atoms.